The van der Waals surface area contributed by atoms with E-state index in [1.54, 1.807) is 31.9 Å². The third-order valence-corrected chi connectivity index (χ3v) is 5.72. The molecule has 0 radical (unpaired) electrons. The van der Waals surface area contributed by atoms with Crippen LogP contribution in [0.1, 0.15) is 43.4 Å². The summed E-state index contributed by atoms with van der Waals surface area (Å²) in [5.74, 6) is 2.65. The molecule has 1 aliphatic carbocycles. The molecule has 8 nitrogen and oxygen atoms in total. The molecule has 2 fully saturated rings. The molecule has 160 valence electrons. The zero-order valence-electron chi connectivity index (χ0n) is 17.5. The highest BCUT2D eigenvalue weighted by atomic mass is 16.5. The van der Waals surface area contributed by atoms with Crippen molar-refractivity contribution in [3.8, 4) is 11.5 Å². The molecule has 1 saturated heterocycles. The zero-order valence-corrected chi connectivity index (χ0v) is 17.5. The van der Waals surface area contributed by atoms with E-state index >= 15 is 0 Å². The van der Waals surface area contributed by atoms with Crippen LogP contribution < -0.4 is 14.8 Å². The number of amides is 2. The molecule has 2 unspecified atom stereocenters. The molecule has 1 aromatic heterocycles. The summed E-state index contributed by atoms with van der Waals surface area (Å²) in [5, 5.41) is 6.47. The van der Waals surface area contributed by atoms with Gasteiger partial charge in [-0.15, -0.1) is 0 Å². The summed E-state index contributed by atoms with van der Waals surface area (Å²) in [6.45, 7) is 4.63. The lowest BCUT2D eigenvalue weighted by atomic mass is 9.98. The predicted molar refractivity (Wildman–Crippen MR) is 110 cm³/mol. The Morgan fingerprint density at radius 2 is 2.13 bits per heavy atom. The number of carbonyl (C=O) groups is 2. The molecule has 1 aliphatic heterocycles. The number of carbonyl (C=O) groups excluding carboxylic acids is 2. The highest BCUT2D eigenvalue weighted by Crippen LogP contribution is 2.37. The van der Waals surface area contributed by atoms with E-state index in [4.69, 9.17) is 14.0 Å². The molecule has 1 saturated carbocycles. The van der Waals surface area contributed by atoms with Crippen molar-refractivity contribution in [3.05, 3.63) is 35.6 Å². The molecule has 1 N–H and O–H groups in total. The fraction of sp³-hybridized carbons (Fsp3) is 0.500. The van der Waals surface area contributed by atoms with Crippen molar-refractivity contribution in [2.45, 2.75) is 45.1 Å². The minimum atomic E-state index is -0.608. The van der Waals surface area contributed by atoms with E-state index in [1.807, 2.05) is 18.2 Å². The molecule has 30 heavy (non-hydrogen) atoms. The zero-order chi connectivity index (χ0) is 21.3. The van der Waals surface area contributed by atoms with Crippen molar-refractivity contribution in [2.24, 2.45) is 5.92 Å². The average Bonchev–Trinajstić information content (AvgIpc) is 3.36. The predicted octanol–water partition coefficient (Wildman–Crippen LogP) is 3.12. The Labute approximate surface area is 175 Å². The fourth-order valence-corrected chi connectivity index (χ4v) is 3.68. The molecular weight excluding hydrogens is 386 g/mol. The number of anilines is 1. The van der Waals surface area contributed by atoms with Crippen LogP contribution in [0.2, 0.25) is 0 Å². The van der Waals surface area contributed by atoms with Crippen LogP contribution in [0.15, 0.2) is 28.8 Å². The highest BCUT2D eigenvalue weighted by Gasteiger charge is 2.36. The van der Waals surface area contributed by atoms with E-state index in [2.05, 4.69) is 10.5 Å². The van der Waals surface area contributed by atoms with Gasteiger partial charge in [-0.2, -0.15) is 0 Å². The number of methoxy groups -OCH3 is 1. The smallest absolute Gasteiger partial charge is 0.248 e. The number of aromatic nitrogens is 1. The van der Waals surface area contributed by atoms with Gasteiger partial charge < -0.3 is 24.2 Å². The van der Waals surface area contributed by atoms with E-state index in [0.717, 1.165) is 5.56 Å². The van der Waals surface area contributed by atoms with Gasteiger partial charge in [0.2, 0.25) is 11.8 Å². The van der Waals surface area contributed by atoms with Gasteiger partial charge in [0.05, 0.1) is 13.7 Å². The Morgan fingerprint density at radius 1 is 1.33 bits per heavy atom. The monoisotopic (exact) mass is 413 g/mol. The Morgan fingerprint density at radius 3 is 2.80 bits per heavy atom. The second kappa shape index (κ2) is 8.38. The molecule has 4 rings (SSSR count). The van der Waals surface area contributed by atoms with E-state index in [9.17, 15) is 9.59 Å². The minimum absolute atomic E-state index is 0.00349. The molecule has 8 heteroatoms. The summed E-state index contributed by atoms with van der Waals surface area (Å²) in [5.41, 5.74) is 1.01. The summed E-state index contributed by atoms with van der Waals surface area (Å²) >= 11 is 0. The van der Waals surface area contributed by atoms with Crippen molar-refractivity contribution >= 4 is 17.6 Å². The Balaban J connectivity index is 1.43. The van der Waals surface area contributed by atoms with Gasteiger partial charge in [0.25, 0.3) is 0 Å². The van der Waals surface area contributed by atoms with Crippen molar-refractivity contribution in [1.82, 2.24) is 10.1 Å². The van der Waals surface area contributed by atoms with E-state index in [1.165, 1.54) is 12.8 Å². The summed E-state index contributed by atoms with van der Waals surface area (Å²) in [6.07, 6.45) is 2.78. The summed E-state index contributed by atoms with van der Waals surface area (Å²) in [4.78, 5) is 26.8. The molecule has 2 atom stereocenters. The number of likely N-dealkylation sites (tertiary alicyclic amines) is 1. The van der Waals surface area contributed by atoms with Crippen LogP contribution in [-0.4, -0.2) is 48.2 Å². The van der Waals surface area contributed by atoms with Gasteiger partial charge in [0, 0.05) is 24.9 Å². The molecule has 2 amide bonds. The first-order chi connectivity index (χ1) is 14.4. The molecular formula is C22H27N3O5. The van der Waals surface area contributed by atoms with Crippen LogP contribution in [0.4, 0.5) is 5.82 Å². The van der Waals surface area contributed by atoms with Gasteiger partial charge in [0.15, 0.2) is 17.3 Å². The van der Waals surface area contributed by atoms with Gasteiger partial charge in [-0.25, -0.2) is 0 Å². The van der Waals surface area contributed by atoms with E-state index in [-0.39, 0.29) is 17.7 Å². The van der Waals surface area contributed by atoms with E-state index in [0.29, 0.717) is 48.6 Å². The van der Waals surface area contributed by atoms with Gasteiger partial charge in [-0.3, -0.25) is 9.59 Å². The molecule has 2 aliphatic rings. The first kappa shape index (κ1) is 20.3. The van der Waals surface area contributed by atoms with Crippen LogP contribution in [-0.2, 0) is 9.59 Å². The topological polar surface area (TPSA) is 93.9 Å². The summed E-state index contributed by atoms with van der Waals surface area (Å²) in [7, 11) is 1.62. The SMILES string of the molecule is COc1ccc(C2CC(=O)N(C(C)C(=O)Nc3cc(C)on3)C2)cc1OCC1CC1. The number of rotatable bonds is 8. The lowest BCUT2D eigenvalue weighted by Gasteiger charge is -2.23. The van der Waals surface area contributed by atoms with E-state index < -0.39 is 6.04 Å². The van der Waals surface area contributed by atoms with Gasteiger partial charge >= 0.3 is 0 Å². The molecule has 1 aromatic carbocycles. The lowest BCUT2D eigenvalue weighted by molar-refractivity contribution is -0.134. The van der Waals surface area contributed by atoms with Crippen LogP contribution >= 0.6 is 0 Å². The molecule has 0 spiro atoms. The minimum Gasteiger partial charge on any atom is -0.493 e. The molecule has 2 heterocycles. The third-order valence-electron chi connectivity index (χ3n) is 5.72. The third kappa shape index (κ3) is 4.42. The molecule has 2 aromatic rings. The first-order valence-electron chi connectivity index (χ1n) is 10.3. The summed E-state index contributed by atoms with van der Waals surface area (Å²) in [6, 6.07) is 6.84. The normalized spacial score (nSPS) is 19.6. The van der Waals surface area contributed by atoms with Crippen molar-refractivity contribution in [3.63, 3.8) is 0 Å². The van der Waals surface area contributed by atoms with Gasteiger partial charge in [-0.1, -0.05) is 11.2 Å². The number of ether oxygens (including phenoxy) is 2. The Hall–Kier alpha value is -3.03. The molecule has 0 bridgehead atoms. The largest absolute Gasteiger partial charge is 0.493 e. The number of nitrogens with zero attached hydrogens (tertiary/aromatic N) is 2. The van der Waals surface area contributed by atoms with Gasteiger partial charge in [-0.05, 0) is 50.3 Å². The fourth-order valence-electron chi connectivity index (χ4n) is 3.68. The standard InChI is InChI=1S/C22H27N3O5/c1-13-8-20(24-30-13)23-22(27)14(2)25-11-17(10-21(25)26)16-6-7-18(28-3)19(9-16)29-12-15-4-5-15/h6-9,14-15,17H,4-5,10-12H2,1-3H3,(H,23,24,27). The summed E-state index contributed by atoms with van der Waals surface area (Å²) < 4.78 is 16.3. The van der Waals surface area contributed by atoms with Crippen LogP contribution in [0, 0.1) is 12.8 Å². The number of hydrogen-bond donors (Lipinski definition) is 1. The maximum absolute atomic E-state index is 12.6. The Bertz CT molecular complexity index is 937. The second-order valence-corrected chi connectivity index (χ2v) is 8.10. The van der Waals surface area contributed by atoms with Crippen LogP contribution in [0.25, 0.3) is 0 Å². The maximum Gasteiger partial charge on any atom is 0.248 e. The lowest BCUT2D eigenvalue weighted by Crippen LogP contribution is -2.42. The second-order valence-electron chi connectivity index (χ2n) is 8.10. The maximum atomic E-state index is 12.6. The van der Waals surface area contributed by atoms with Crippen LogP contribution in [0.5, 0.6) is 11.5 Å². The first-order valence-corrected chi connectivity index (χ1v) is 10.3. The Kier molecular flexibility index (Phi) is 5.65. The van der Waals surface area contributed by atoms with Crippen molar-refractivity contribution in [2.75, 3.05) is 25.6 Å². The number of nitrogens with one attached hydrogen (secondary N) is 1. The number of hydrogen-bond acceptors (Lipinski definition) is 6. The van der Waals surface area contributed by atoms with Crippen LogP contribution in [0.3, 0.4) is 0 Å². The van der Waals surface area contributed by atoms with Crippen molar-refractivity contribution < 1.29 is 23.6 Å². The average molecular weight is 413 g/mol. The quantitative estimate of drug-likeness (QED) is 0.715. The van der Waals surface area contributed by atoms with Gasteiger partial charge in [0.1, 0.15) is 11.8 Å². The van der Waals surface area contributed by atoms with Crippen molar-refractivity contribution in [1.29, 1.82) is 0 Å². The number of aryl methyl sites for hydroxylation is 1. The highest BCUT2D eigenvalue weighted by molar-refractivity contribution is 5.96. The number of benzene rings is 1.